The Balaban J connectivity index is 0.000000175. The third-order valence-corrected chi connectivity index (χ3v) is 5.45. The zero-order valence-corrected chi connectivity index (χ0v) is 24.8. The molecule has 3 unspecified atom stereocenters. The summed E-state index contributed by atoms with van der Waals surface area (Å²) < 4.78 is 0. The Morgan fingerprint density at radius 2 is 0.791 bits per heavy atom. The van der Waals surface area contributed by atoms with Crippen LogP contribution in [0.4, 0.5) is 0 Å². The minimum atomic E-state index is -1.72. The van der Waals surface area contributed by atoms with Crippen molar-refractivity contribution in [1.29, 1.82) is 0 Å². The van der Waals surface area contributed by atoms with Gasteiger partial charge in [0.15, 0.2) is 0 Å². The first-order valence-corrected chi connectivity index (χ1v) is 11.5. The molecule has 0 saturated carbocycles. The van der Waals surface area contributed by atoms with Gasteiger partial charge in [-0.15, -0.1) is 15.3 Å². The Morgan fingerprint density at radius 3 is 0.953 bits per heavy atom. The zero-order valence-electron chi connectivity index (χ0n) is 21.5. The van der Waals surface area contributed by atoms with Crippen LogP contribution in [0.15, 0.2) is 104 Å². The average molecular weight is 691 g/mol. The van der Waals surface area contributed by atoms with Gasteiger partial charge in [-0.2, -0.15) is 16.3 Å². The van der Waals surface area contributed by atoms with E-state index in [1.54, 1.807) is 36.4 Å². The van der Waals surface area contributed by atoms with Crippen molar-refractivity contribution in [3.05, 3.63) is 90.3 Å². The van der Waals surface area contributed by atoms with E-state index in [1.165, 1.54) is 36.8 Å². The Hall–Kier alpha value is -5.19. The molecule has 0 aliphatic carbocycles. The van der Waals surface area contributed by atoms with Gasteiger partial charge in [0.2, 0.25) is 17.0 Å². The maximum absolute atomic E-state index is 10.9. The van der Waals surface area contributed by atoms with Gasteiger partial charge in [-0.1, -0.05) is 33.9 Å². The molecule has 0 saturated heterocycles. The van der Waals surface area contributed by atoms with E-state index in [-0.39, 0.29) is 42.9 Å². The summed E-state index contributed by atoms with van der Waals surface area (Å²) in [6.45, 7) is 0. The third-order valence-electron chi connectivity index (χ3n) is 5.45. The van der Waals surface area contributed by atoms with Gasteiger partial charge in [-0.3, -0.25) is 15.0 Å². The number of nitrogens with zero attached hydrogens (tertiary/aromatic N) is 9. The van der Waals surface area contributed by atoms with Gasteiger partial charge in [-0.05, 0) is 36.4 Å². The van der Waals surface area contributed by atoms with E-state index in [1.807, 2.05) is 0 Å². The fourth-order valence-electron chi connectivity index (χ4n) is 3.36. The molecular formula is C21H18InN15O6. The second-order valence-corrected chi connectivity index (χ2v) is 7.95. The Labute approximate surface area is 259 Å². The van der Waals surface area contributed by atoms with Crippen LogP contribution in [0.25, 0.3) is 0 Å². The van der Waals surface area contributed by atoms with Crippen molar-refractivity contribution < 1.29 is 29.7 Å². The maximum atomic E-state index is 10.9. The van der Waals surface area contributed by atoms with E-state index >= 15 is 0 Å². The minimum absolute atomic E-state index is 0. The second-order valence-electron chi connectivity index (χ2n) is 7.95. The Bertz CT molecular complexity index is 1320. The Kier molecular flexibility index (Phi) is 10.6. The van der Waals surface area contributed by atoms with Crippen molar-refractivity contribution in [3.63, 3.8) is 0 Å². The number of pyridine rings is 3. The molecule has 3 aliphatic heterocycles. The summed E-state index contributed by atoms with van der Waals surface area (Å²) in [5.74, 6) is -4.24. The smallest absolute Gasteiger partial charge is 0.545 e. The Morgan fingerprint density at radius 1 is 0.512 bits per heavy atom. The number of aromatic nitrogens is 3. The standard InChI is InChI=1S/3C7H7N5O2.In/c3*13-6(14)7(9-11-12-10-7)5-3-1-2-4-8-5;/h3*1-4H,(H,9,12)(H,10,11)(H,13,14);/q;;;+3/p-3. The van der Waals surface area contributed by atoms with E-state index in [0.29, 0.717) is 0 Å². The molecule has 3 aliphatic rings. The largest absolute Gasteiger partial charge is 3.00 e. The number of carbonyl (C=O) groups excluding carboxylic acids is 3. The normalized spacial score (nSPS) is 24.0. The zero-order chi connectivity index (χ0) is 30.1. The summed E-state index contributed by atoms with van der Waals surface area (Å²) in [6, 6.07) is 14.6. The first-order chi connectivity index (χ1) is 20.3. The van der Waals surface area contributed by atoms with Gasteiger partial charge in [-0.25, -0.2) is 16.6 Å². The van der Waals surface area contributed by atoms with Crippen LogP contribution in [-0.4, -0.2) is 58.7 Å². The summed E-state index contributed by atoms with van der Waals surface area (Å²) in [4.78, 5) is 44.4. The molecule has 3 atom stereocenters. The maximum Gasteiger partial charge on any atom is 3.00 e. The molecule has 6 N–H and O–H groups in total. The van der Waals surface area contributed by atoms with Gasteiger partial charge in [0.25, 0.3) is 0 Å². The van der Waals surface area contributed by atoms with Crippen LogP contribution >= 0.6 is 0 Å². The van der Waals surface area contributed by atoms with Crippen LogP contribution in [0.2, 0.25) is 0 Å². The SMILES string of the molecule is O=C([O-])C1(c2ccccn2)N=NNN1.O=C([O-])C1(c2ccccn2)N=NNN1.O=C([O-])C1(c2ccccn2)N=NNN1.[In+3]. The number of hydrogen-bond acceptors (Lipinski definition) is 21. The summed E-state index contributed by atoms with van der Waals surface area (Å²) in [6.07, 6.45) is 4.40. The molecule has 0 aromatic carbocycles. The van der Waals surface area contributed by atoms with E-state index in [9.17, 15) is 29.7 Å². The quantitative estimate of drug-likeness (QED) is 0.141. The molecule has 0 amide bonds. The first-order valence-electron chi connectivity index (χ1n) is 11.5. The predicted molar refractivity (Wildman–Crippen MR) is 132 cm³/mol. The van der Waals surface area contributed by atoms with E-state index < -0.39 is 34.9 Å². The molecule has 3 aromatic heterocycles. The molecule has 3 aromatic rings. The number of carboxylic acid groups (broad SMARTS) is 3. The van der Waals surface area contributed by atoms with E-state index in [2.05, 4.69) is 78.8 Å². The minimum Gasteiger partial charge on any atom is -0.545 e. The van der Waals surface area contributed by atoms with Crippen molar-refractivity contribution in [1.82, 2.24) is 47.8 Å². The second kappa shape index (κ2) is 14.1. The molecule has 6 heterocycles. The fourth-order valence-corrected chi connectivity index (χ4v) is 3.36. The van der Waals surface area contributed by atoms with Crippen molar-refractivity contribution in [2.75, 3.05) is 0 Å². The van der Waals surface area contributed by atoms with Crippen molar-refractivity contribution in [2.45, 2.75) is 17.0 Å². The molecule has 0 spiro atoms. The van der Waals surface area contributed by atoms with Crippen LogP contribution in [0.5, 0.6) is 0 Å². The van der Waals surface area contributed by atoms with Gasteiger partial charge in [0.1, 0.15) is 0 Å². The van der Waals surface area contributed by atoms with Gasteiger partial charge in [0.05, 0.1) is 35.0 Å². The van der Waals surface area contributed by atoms with E-state index in [4.69, 9.17) is 0 Å². The van der Waals surface area contributed by atoms with Gasteiger partial charge < -0.3 is 29.7 Å². The summed E-state index contributed by atoms with van der Waals surface area (Å²) in [5.41, 5.74) is 9.34. The number of carbonyl (C=O) groups is 3. The van der Waals surface area contributed by atoms with Crippen LogP contribution in [0.3, 0.4) is 0 Å². The summed E-state index contributed by atoms with van der Waals surface area (Å²) in [5, 5.41) is 53.3. The number of aliphatic carboxylic acids is 3. The predicted octanol–water partition coefficient (Wildman–Crippen LogP) is -5.00. The van der Waals surface area contributed by atoms with Crippen LogP contribution in [-0.2, 0) is 31.4 Å². The number of rotatable bonds is 6. The summed E-state index contributed by atoms with van der Waals surface area (Å²) in [7, 11) is 0. The molecule has 22 heteroatoms. The number of hydrazine groups is 3. The molecule has 6 rings (SSSR count). The molecule has 0 radical (unpaired) electrons. The van der Waals surface area contributed by atoms with Crippen LogP contribution in [0, 0.1) is 0 Å². The topological polar surface area (TPSA) is 305 Å². The molecule has 43 heavy (non-hydrogen) atoms. The van der Waals surface area contributed by atoms with Gasteiger partial charge in [0, 0.05) is 18.6 Å². The molecule has 216 valence electrons. The number of carboxylic acids is 3. The van der Waals surface area contributed by atoms with Crippen molar-refractivity contribution in [2.24, 2.45) is 31.0 Å². The summed E-state index contributed by atoms with van der Waals surface area (Å²) >= 11 is 0. The number of hydrogen-bond donors (Lipinski definition) is 6. The molecule has 21 nitrogen and oxygen atoms in total. The first kappa shape index (κ1) is 32.3. The van der Waals surface area contributed by atoms with Gasteiger partial charge >= 0.3 is 25.8 Å². The molecule has 0 fully saturated rings. The number of nitrogens with one attached hydrogen (secondary N) is 6. The average Bonchev–Trinajstić information content (AvgIpc) is 3.81. The fraction of sp³-hybridized carbons (Fsp3) is 0.143. The third kappa shape index (κ3) is 6.66. The van der Waals surface area contributed by atoms with Crippen LogP contribution < -0.4 is 48.2 Å². The monoisotopic (exact) mass is 691 g/mol. The van der Waals surface area contributed by atoms with Crippen molar-refractivity contribution in [3.8, 4) is 0 Å². The van der Waals surface area contributed by atoms with Crippen molar-refractivity contribution >= 4 is 43.8 Å². The van der Waals surface area contributed by atoms with E-state index in [0.717, 1.165) is 0 Å². The van der Waals surface area contributed by atoms with Crippen LogP contribution in [0.1, 0.15) is 17.1 Å². The molecular weight excluding hydrogens is 673 g/mol. The molecule has 0 bridgehead atoms.